The van der Waals surface area contributed by atoms with Crippen molar-refractivity contribution < 1.29 is 4.79 Å². The Morgan fingerprint density at radius 1 is 1.62 bits per heavy atom. The molecule has 1 aliphatic rings. The Balaban J connectivity index is 1.76. The highest BCUT2D eigenvalue weighted by atomic mass is 79.9. The van der Waals surface area contributed by atoms with E-state index >= 15 is 0 Å². The van der Waals surface area contributed by atoms with Gasteiger partial charge < -0.3 is 5.32 Å². The van der Waals surface area contributed by atoms with E-state index in [2.05, 4.69) is 33.9 Å². The van der Waals surface area contributed by atoms with Crippen molar-refractivity contribution in [2.45, 2.75) is 25.8 Å². The van der Waals surface area contributed by atoms with Gasteiger partial charge in [0.15, 0.2) is 0 Å². The first-order chi connectivity index (χ1) is 7.63. The average molecular weight is 320 g/mol. The first-order valence-corrected chi connectivity index (χ1v) is 7.55. The lowest BCUT2D eigenvalue weighted by molar-refractivity contribution is -0.122. The van der Waals surface area contributed by atoms with E-state index < -0.39 is 0 Å². The van der Waals surface area contributed by atoms with Crippen molar-refractivity contribution >= 4 is 45.8 Å². The fourth-order valence-electron chi connectivity index (χ4n) is 1.60. The number of rotatable bonds is 5. The predicted octanol–water partition coefficient (Wildman–Crippen LogP) is 3.23. The molecule has 1 aromatic rings. The number of hydrogen-bond donors (Lipinski definition) is 2. The van der Waals surface area contributed by atoms with Gasteiger partial charge in [0.25, 0.3) is 0 Å². The lowest BCUT2D eigenvalue weighted by Crippen LogP contribution is -2.25. The Morgan fingerprint density at radius 2 is 2.38 bits per heavy atom. The van der Waals surface area contributed by atoms with E-state index in [1.807, 2.05) is 11.4 Å². The second-order valence-electron chi connectivity index (χ2n) is 4.34. The van der Waals surface area contributed by atoms with E-state index in [-0.39, 0.29) is 11.3 Å². The van der Waals surface area contributed by atoms with E-state index in [4.69, 9.17) is 0 Å². The van der Waals surface area contributed by atoms with Crippen LogP contribution < -0.4 is 5.32 Å². The predicted molar refractivity (Wildman–Crippen MR) is 74.0 cm³/mol. The van der Waals surface area contributed by atoms with Gasteiger partial charge >= 0.3 is 0 Å². The normalized spacial score (nSPS) is 17.1. The van der Waals surface area contributed by atoms with Gasteiger partial charge in [0.1, 0.15) is 0 Å². The van der Waals surface area contributed by atoms with Gasteiger partial charge in [-0.1, -0.05) is 0 Å². The van der Waals surface area contributed by atoms with Gasteiger partial charge in [0, 0.05) is 21.2 Å². The zero-order valence-electron chi connectivity index (χ0n) is 8.83. The molecule has 0 radical (unpaired) electrons. The van der Waals surface area contributed by atoms with E-state index in [1.165, 1.54) is 4.88 Å². The standard InChI is InChI=1S/C11H14BrNOS2/c12-8-3-9(16-6-8)5-13-10(14)4-11(7-15)1-2-11/h3,6,15H,1-2,4-5,7H2,(H,13,14). The quantitative estimate of drug-likeness (QED) is 0.802. The summed E-state index contributed by atoms with van der Waals surface area (Å²) in [7, 11) is 0. The Bertz CT molecular complexity index is 387. The molecule has 0 bridgehead atoms. The summed E-state index contributed by atoms with van der Waals surface area (Å²) in [5.41, 5.74) is 0.212. The van der Waals surface area contributed by atoms with Crippen LogP contribution in [0, 0.1) is 5.41 Å². The molecule has 0 spiro atoms. The van der Waals surface area contributed by atoms with Crippen molar-refractivity contribution in [2.75, 3.05) is 5.75 Å². The highest BCUT2D eigenvalue weighted by molar-refractivity contribution is 9.10. The van der Waals surface area contributed by atoms with Crippen LogP contribution in [0.15, 0.2) is 15.9 Å². The maximum absolute atomic E-state index is 11.7. The molecular weight excluding hydrogens is 306 g/mol. The maximum Gasteiger partial charge on any atom is 0.220 e. The molecule has 0 saturated heterocycles. The minimum atomic E-state index is 0.149. The summed E-state index contributed by atoms with van der Waals surface area (Å²) in [6.45, 7) is 0.637. The van der Waals surface area contributed by atoms with Gasteiger partial charge in [-0.3, -0.25) is 4.79 Å². The summed E-state index contributed by atoms with van der Waals surface area (Å²) >= 11 is 9.35. The van der Waals surface area contributed by atoms with Gasteiger partial charge in [-0.25, -0.2) is 0 Å². The summed E-state index contributed by atoms with van der Waals surface area (Å²) < 4.78 is 1.08. The number of thiophene rings is 1. The number of nitrogens with one attached hydrogen (secondary N) is 1. The molecule has 1 heterocycles. The highest BCUT2D eigenvalue weighted by Gasteiger charge is 2.42. The van der Waals surface area contributed by atoms with Crippen LogP contribution >= 0.6 is 39.9 Å². The Kier molecular flexibility index (Phi) is 3.97. The molecule has 5 heteroatoms. The molecule has 1 fully saturated rings. The number of amides is 1. The van der Waals surface area contributed by atoms with Crippen molar-refractivity contribution in [3.05, 3.63) is 20.8 Å². The average Bonchev–Trinajstić information content (AvgIpc) is 2.91. The molecule has 88 valence electrons. The van der Waals surface area contributed by atoms with E-state index in [0.29, 0.717) is 13.0 Å². The van der Waals surface area contributed by atoms with Crippen molar-refractivity contribution in [2.24, 2.45) is 5.41 Å². The summed E-state index contributed by atoms with van der Waals surface area (Å²) in [5, 5.41) is 4.98. The van der Waals surface area contributed by atoms with Crippen LogP contribution in [0.4, 0.5) is 0 Å². The molecule has 0 aliphatic heterocycles. The maximum atomic E-state index is 11.7. The number of carbonyl (C=O) groups excluding carboxylic acids is 1. The monoisotopic (exact) mass is 319 g/mol. The highest BCUT2D eigenvalue weighted by Crippen LogP contribution is 2.49. The molecule has 0 aromatic carbocycles. The van der Waals surface area contributed by atoms with Crippen LogP contribution in [0.1, 0.15) is 24.1 Å². The minimum Gasteiger partial charge on any atom is -0.351 e. The zero-order valence-corrected chi connectivity index (χ0v) is 12.1. The molecular formula is C11H14BrNOS2. The van der Waals surface area contributed by atoms with Gasteiger partial charge in [-0.05, 0) is 46.0 Å². The van der Waals surface area contributed by atoms with Crippen LogP contribution in [0.25, 0.3) is 0 Å². The van der Waals surface area contributed by atoms with Crippen molar-refractivity contribution in [1.82, 2.24) is 5.32 Å². The second-order valence-corrected chi connectivity index (χ2v) is 6.57. The van der Waals surface area contributed by atoms with Crippen LogP contribution in [0.2, 0.25) is 0 Å². The smallest absolute Gasteiger partial charge is 0.220 e. The van der Waals surface area contributed by atoms with Crippen molar-refractivity contribution in [3.63, 3.8) is 0 Å². The number of halogens is 1. The largest absolute Gasteiger partial charge is 0.351 e. The van der Waals surface area contributed by atoms with Gasteiger partial charge in [0.2, 0.25) is 5.91 Å². The molecule has 1 N–H and O–H groups in total. The molecule has 16 heavy (non-hydrogen) atoms. The first kappa shape index (κ1) is 12.5. The van der Waals surface area contributed by atoms with Crippen molar-refractivity contribution in [1.29, 1.82) is 0 Å². The zero-order chi connectivity index (χ0) is 11.6. The SMILES string of the molecule is O=C(CC1(CS)CC1)NCc1cc(Br)cs1. The third-order valence-electron chi connectivity index (χ3n) is 2.91. The van der Waals surface area contributed by atoms with E-state index in [1.54, 1.807) is 11.3 Å². The van der Waals surface area contributed by atoms with Crippen LogP contribution in [0.5, 0.6) is 0 Å². The molecule has 0 atom stereocenters. The van der Waals surface area contributed by atoms with Crippen LogP contribution in [-0.2, 0) is 11.3 Å². The van der Waals surface area contributed by atoms with Gasteiger partial charge in [-0.2, -0.15) is 12.6 Å². The van der Waals surface area contributed by atoms with E-state index in [0.717, 1.165) is 23.1 Å². The Labute approximate surface area is 113 Å². The summed E-state index contributed by atoms with van der Waals surface area (Å²) in [4.78, 5) is 12.9. The molecule has 1 aliphatic carbocycles. The number of thiol groups is 1. The second kappa shape index (κ2) is 5.10. The molecule has 1 saturated carbocycles. The molecule has 1 amide bonds. The minimum absolute atomic E-state index is 0.149. The van der Waals surface area contributed by atoms with Crippen molar-refractivity contribution in [3.8, 4) is 0 Å². The fraction of sp³-hybridized carbons (Fsp3) is 0.545. The molecule has 1 aromatic heterocycles. The summed E-state index contributed by atoms with van der Waals surface area (Å²) in [5.74, 6) is 0.974. The third-order valence-corrected chi connectivity index (χ3v) is 5.28. The Hall–Kier alpha value is -0.0000000000000000833. The topological polar surface area (TPSA) is 29.1 Å². The van der Waals surface area contributed by atoms with E-state index in [9.17, 15) is 4.79 Å². The van der Waals surface area contributed by atoms with Crippen LogP contribution in [0.3, 0.4) is 0 Å². The number of carbonyl (C=O) groups is 1. The summed E-state index contributed by atoms with van der Waals surface area (Å²) in [6, 6.07) is 2.04. The summed E-state index contributed by atoms with van der Waals surface area (Å²) in [6.07, 6.45) is 2.92. The first-order valence-electron chi connectivity index (χ1n) is 5.24. The molecule has 0 unspecified atom stereocenters. The van der Waals surface area contributed by atoms with Crippen LogP contribution in [-0.4, -0.2) is 11.7 Å². The fourth-order valence-corrected chi connectivity index (χ4v) is 3.42. The van der Waals surface area contributed by atoms with Gasteiger partial charge in [-0.15, -0.1) is 11.3 Å². The lowest BCUT2D eigenvalue weighted by Gasteiger charge is -2.10. The lowest BCUT2D eigenvalue weighted by atomic mass is 10.1. The van der Waals surface area contributed by atoms with Gasteiger partial charge in [0.05, 0.1) is 6.54 Å². The number of hydrogen-bond acceptors (Lipinski definition) is 3. The third kappa shape index (κ3) is 3.25. The Morgan fingerprint density at radius 3 is 2.88 bits per heavy atom. The molecule has 2 rings (SSSR count). The molecule has 2 nitrogen and oxygen atoms in total.